The Morgan fingerprint density at radius 1 is 1.00 bits per heavy atom. The third-order valence-corrected chi connectivity index (χ3v) is 0.697. The Balaban J connectivity index is 0. The zero-order chi connectivity index (χ0) is 5.54. The average molecular weight is 153 g/mol. The molecule has 1 nitrogen and oxygen atoms in total. The zero-order valence-electron chi connectivity index (χ0n) is 5.68. The summed E-state index contributed by atoms with van der Waals surface area (Å²) in [6.45, 7) is 6.09. The molecular weight excluding hydrogens is 139 g/mol. The van der Waals surface area contributed by atoms with Crippen LogP contribution in [0.5, 0.6) is 0 Å². The molecule has 0 bridgehead atoms. The van der Waals surface area contributed by atoms with E-state index in [1.807, 2.05) is 0 Å². The molecule has 0 spiro atoms. The van der Waals surface area contributed by atoms with Crippen molar-refractivity contribution in [2.45, 2.75) is 26.7 Å². The largest absolute Gasteiger partial charge is 0.381 e. The van der Waals surface area contributed by atoms with E-state index in [0.717, 1.165) is 26.1 Å². The average Bonchev–Trinajstić information content (AvgIpc) is 1.69. The molecule has 0 unspecified atom stereocenters. The quantitative estimate of drug-likeness (QED) is 0.560. The summed E-state index contributed by atoms with van der Waals surface area (Å²) in [5.74, 6) is 0. The Hall–Kier alpha value is 0.544. The molecule has 8 heavy (non-hydrogen) atoms. The van der Waals surface area contributed by atoms with Gasteiger partial charge >= 0.3 is 0 Å². The second-order valence-electron chi connectivity index (χ2n) is 1.61. The van der Waals surface area contributed by atoms with Gasteiger partial charge in [0.1, 0.15) is 0 Å². The summed E-state index contributed by atoms with van der Waals surface area (Å²) in [7, 11) is 0. The molecule has 0 fully saturated rings. The van der Waals surface area contributed by atoms with E-state index >= 15 is 0 Å². The minimum atomic E-state index is 0. The summed E-state index contributed by atoms with van der Waals surface area (Å²) in [6.07, 6.45) is 2.28. The van der Waals surface area contributed by atoms with E-state index in [9.17, 15) is 0 Å². The van der Waals surface area contributed by atoms with Crippen LogP contribution in [-0.4, -0.2) is 13.2 Å². The first-order valence-electron chi connectivity index (χ1n) is 2.99. The maximum Gasteiger partial charge on any atom is 0.0463 e. The molecule has 0 aromatic rings. The van der Waals surface area contributed by atoms with Gasteiger partial charge in [-0.25, -0.2) is 0 Å². The normalized spacial score (nSPS) is 8.25. The summed E-state index contributed by atoms with van der Waals surface area (Å²) in [5.41, 5.74) is 0. The second-order valence-corrected chi connectivity index (χ2v) is 1.61. The van der Waals surface area contributed by atoms with Crippen LogP contribution >= 0.6 is 0 Å². The number of hydrogen-bond donors (Lipinski definition) is 0. The summed E-state index contributed by atoms with van der Waals surface area (Å²) in [5, 5.41) is 0. The Kier molecular flexibility index (Phi) is 14.9. The van der Waals surface area contributed by atoms with Crippen molar-refractivity contribution in [3.63, 3.8) is 0 Å². The van der Waals surface area contributed by atoms with Crippen molar-refractivity contribution in [3.8, 4) is 0 Å². The number of ether oxygens (including phenoxy) is 1. The van der Waals surface area contributed by atoms with Gasteiger partial charge < -0.3 is 4.74 Å². The van der Waals surface area contributed by atoms with Gasteiger partial charge in [-0.3, -0.25) is 0 Å². The minimum Gasteiger partial charge on any atom is -0.381 e. The zero-order valence-corrected chi connectivity index (χ0v) is 7.08. The second kappa shape index (κ2) is 10.5. The van der Waals surface area contributed by atoms with Crippen LogP contribution in [0.2, 0.25) is 0 Å². The van der Waals surface area contributed by atoms with Gasteiger partial charge in [-0.15, -0.1) is 0 Å². The van der Waals surface area contributed by atoms with Crippen LogP contribution in [0.4, 0.5) is 0 Å². The molecule has 0 aliphatic rings. The van der Waals surface area contributed by atoms with E-state index in [4.69, 9.17) is 4.74 Å². The standard InChI is InChI=1S/C6H14O.V/c1-3-5-7-6-4-2;/h3-6H2,1-2H3;. The Morgan fingerprint density at radius 2 is 1.38 bits per heavy atom. The number of rotatable bonds is 4. The molecule has 0 atom stereocenters. The molecule has 0 saturated carbocycles. The molecule has 2 heteroatoms. The molecule has 0 aliphatic carbocycles. The van der Waals surface area contributed by atoms with Crippen molar-refractivity contribution >= 4 is 0 Å². The fourth-order valence-corrected chi connectivity index (χ4v) is 0.391. The number of hydrogen-bond acceptors (Lipinski definition) is 1. The molecule has 0 heterocycles. The Labute approximate surface area is 63.7 Å². The van der Waals surface area contributed by atoms with E-state index in [0.29, 0.717) is 0 Å². The molecule has 0 aliphatic heterocycles. The predicted octanol–water partition coefficient (Wildman–Crippen LogP) is 1.82. The van der Waals surface area contributed by atoms with Crippen LogP contribution < -0.4 is 0 Å². The van der Waals surface area contributed by atoms with Crippen molar-refractivity contribution in [1.82, 2.24) is 0 Å². The predicted molar refractivity (Wildman–Crippen MR) is 31.4 cm³/mol. The summed E-state index contributed by atoms with van der Waals surface area (Å²) in [6, 6.07) is 0. The van der Waals surface area contributed by atoms with Crippen LogP contribution in [0.15, 0.2) is 0 Å². The van der Waals surface area contributed by atoms with Gasteiger partial charge in [-0.05, 0) is 12.8 Å². The van der Waals surface area contributed by atoms with E-state index in [2.05, 4.69) is 13.8 Å². The smallest absolute Gasteiger partial charge is 0.0463 e. The third kappa shape index (κ3) is 9.74. The SMILES string of the molecule is CCCOCCC.[V]. The van der Waals surface area contributed by atoms with Gasteiger partial charge in [0.2, 0.25) is 0 Å². The molecule has 0 rings (SSSR count). The first kappa shape index (κ1) is 11.4. The monoisotopic (exact) mass is 153 g/mol. The summed E-state index contributed by atoms with van der Waals surface area (Å²) >= 11 is 0. The van der Waals surface area contributed by atoms with Crippen molar-refractivity contribution < 1.29 is 23.3 Å². The molecule has 0 amide bonds. The minimum absolute atomic E-state index is 0. The van der Waals surface area contributed by atoms with E-state index in [1.54, 1.807) is 0 Å². The molecule has 0 saturated heterocycles. The molecular formula is C6H14OV. The fraction of sp³-hybridized carbons (Fsp3) is 1.00. The topological polar surface area (TPSA) is 9.23 Å². The Morgan fingerprint density at radius 3 is 1.62 bits per heavy atom. The van der Waals surface area contributed by atoms with Gasteiger partial charge in [0.25, 0.3) is 0 Å². The Bertz CT molecular complexity index is 27.7. The molecule has 49 valence electrons. The van der Waals surface area contributed by atoms with Gasteiger partial charge in [-0.1, -0.05) is 13.8 Å². The third-order valence-electron chi connectivity index (χ3n) is 0.697. The van der Waals surface area contributed by atoms with Crippen LogP contribution in [0.3, 0.4) is 0 Å². The van der Waals surface area contributed by atoms with Crippen molar-refractivity contribution in [3.05, 3.63) is 0 Å². The molecule has 0 aromatic heterocycles. The first-order chi connectivity index (χ1) is 3.41. The van der Waals surface area contributed by atoms with Gasteiger partial charge in [-0.2, -0.15) is 0 Å². The van der Waals surface area contributed by atoms with Gasteiger partial charge in [0.15, 0.2) is 0 Å². The van der Waals surface area contributed by atoms with Crippen molar-refractivity contribution in [2.24, 2.45) is 0 Å². The van der Waals surface area contributed by atoms with Crippen LogP contribution in [0, 0.1) is 0 Å². The van der Waals surface area contributed by atoms with Crippen molar-refractivity contribution in [2.75, 3.05) is 13.2 Å². The van der Waals surface area contributed by atoms with E-state index < -0.39 is 0 Å². The van der Waals surface area contributed by atoms with Crippen molar-refractivity contribution in [1.29, 1.82) is 0 Å². The summed E-state index contributed by atoms with van der Waals surface area (Å²) in [4.78, 5) is 0. The molecule has 0 N–H and O–H groups in total. The molecule has 1 radical (unpaired) electrons. The van der Waals surface area contributed by atoms with Gasteiger partial charge in [0.05, 0.1) is 0 Å². The van der Waals surface area contributed by atoms with Gasteiger partial charge in [0, 0.05) is 31.8 Å². The maximum atomic E-state index is 5.13. The van der Waals surface area contributed by atoms with Crippen LogP contribution in [-0.2, 0) is 23.3 Å². The molecule has 0 aromatic carbocycles. The maximum absolute atomic E-state index is 5.13. The van der Waals surface area contributed by atoms with Crippen LogP contribution in [0.25, 0.3) is 0 Å². The fourth-order valence-electron chi connectivity index (χ4n) is 0.391. The summed E-state index contributed by atoms with van der Waals surface area (Å²) < 4.78 is 5.13. The van der Waals surface area contributed by atoms with E-state index in [1.165, 1.54) is 0 Å². The van der Waals surface area contributed by atoms with E-state index in [-0.39, 0.29) is 18.6 Å². The first-order valence-corrected chi connectivity index (χ1v) is 2.99. The van der Waals surface area contributed by atoms with Crippen LogP contribution in [0.1, 0.15) is 26.7 Å².